The van der Waals surface area contributed by atoms with Gasteiger partial charge in [-0.15, -0.1) is 0 Å². The Kier molecular flexibility index (Phi) is 6.50. The molecule has 0 spiro atoms. The van der Waals surface area contributed by atoms with Crippen molar-refractivity contribution >= 4 is 17.6 Å². The van der Waals surface area contributed by atoms with Crippen LogP contribution in [0.5, 0.6) is 5.75 Å². The zero-order chi connectivity index (χ0) is 23.2. The summed E-state index contributed by atoms with van der Waals surface area (Å²) in [6, 6.07) is 20.0. The highest BCUT2D eigenvalue weighted by Crippen LogP contribution is 2.28. The molecule has 0 bridgehead atoms. The van der Waals surface area contributed by atoms with Crippen molar-refractivity contribution < 1.29 is 19.4 Å². The minimum atomic E-state index is -1.05. The normalized spacial score (nSPS) is 10.6. The van der Waals surface area contributed by atoms with E-state index in [2.05, 4.69) is 15.3 Å². The van der Waals surface area contributed by atoms with E-state index < -0.39 is 5.97 Å². The van der Waals surface area contributed by atoms with E-state index in [1.807, 2.05) is 48.5 Å². The van der Waals surface area contributed by atoms with Crippen LogP contribution < -0.4 is 10.1 Å². The van der Waals surface area contributed by atoms with Gasteiger partial charge in [-0.2, -0.15) is 0 Å². The number of anilines is 1. The van der Waals surface area contributed by atoms with Crippen molar-refractivity contribution in [2.45, 2.75) is 13.3 Å². The number of aromatic nitrogens is 2. The first-order valence-electron chi connectivity index (χ1n) is 10.5. The average molecular weight is 441 g/mol. The third kappa shape index (κ3) is 5.10. The van der Waals surface area contributed by atoms with E-state index in [1.165, 1.54) is 6.07 Å². The van der Waals surface area contributed by atoms with E-state index in [9.17, 15) is 14.7 Å². The van der Waals surface area contributed by atoms with Crippen LogP contribution in [0.25, 0.3) is 11.3 Å². The van der Waals surface area contributed by atoms with Crippen molar-refractivity contribution in [3.05, 3.63) is 102 Å². The highest BCUT2D eigenvalue weighted by Gasteiger charge is 2.15. The molecule has 1 heterocycles. The molecule has 1 aromatic heterocycles. The summed E-state index contributed by atoms with van der Waals surface area (Å²) in [5.41, 5.74) is 4.44. The summed E-state index contributed by atoms with van der Waals surface area (Å²) in [6.07, 6.45) is 4.09. The van der Waals surface area contributed by atoms with Crippen LogP contribution >= 0.6 is 0 Å². The molecule has 0 aliphatic carbocycles. The van der Waals surface area contributed by atoms with Gasteiger partial charge in [-0.25, -0.2) is 9.78 Å². The zero-order valence-electron chi connectivity index (χ0n) is 18.0. The molecule has 0 saturated heterocycles. The van der Waals surface area contributed by atoms with Crippen molar-refractivity contribution in [1.29, 1.82) is 0 Å². The molecule has 33 heavy (non-hydrogen) atoms. The number of aromatic amines is 1. The molecule has 4 aromatic rings. The summed E-state index contributed by atoms with van der Waals surface area (Å²) < 4.78 is 6.00. The monoisotopic (exact) mass is 441 g/mol. The van der Waals surface area contributed by atoms with Crippen molar-refractivity contribution in [1.82, 2.24) is 9.97 Å². The molecular weight excluding hydrogens is 418 g/mol. The molecule has 3 aromatic carbocycles. The maximum Gasteiger partial charge on any atom is 0.335 e. The largest absolute Gasteiger partial charge is 0.493 e. The van der Waals surface area contributed by atoms with Crippen LogP contribution in [-0.2, 0) is 6.42 Å². The maximum absolute atomic E-state index is 12.6. The number of nitrogens with one attached hydrogen (secondary N) is 2. The van der Waals surface area contributed by atoms with E-state index in [0.29, 0.717) is 29.8 Å². The Hall–Kier alpha value is -4.39. The molecule has 7 heteroatoms. The number of nitrogens with zero attached hydrogens (tertiary/aromatic N) is 1. The standard InChI is InChI=1S/C26H23N3O4/c1-17-20(6-4-7-21(17)26(31)32)25(30)29-19-11-9-18(10-12-19)13-14-33-24-8-3-2-5-22(24)23-15-27-16-28-23/h2-12,15-16H,13-14H2,1H3,(H,27,28)(H,29,30)(H,31,32). The van der Waals surface area contributed by atoms with Gasteiger partial charge >= 0.3 is 5.97 Å². The summed E-state index contributed by atoms with van der Waals surface area (Å²) in [5.74, 6) is -0.618. The Morgan fingerprint density at radius 1 is 1.00 bits per heavy atom. The summed E-state index contributed by atoms with van der Waals surface area (Å²) in [4.78, 5) is 31.1. The molecule has 1 amide bonds. The van der Waals surface area contributed by atoms with Gasteiger partial charge < -0.3 is 20.1 Å². The number of carbonyl (C=O) groups excluding carboxylic acids is 1. The average Bonchev–Trinajstić information content (AvgIpc) is 3.35. The Morgan fingerprint density at radius 2 is 1.76 bits per heavy atom. The number of carboxylic acid groups (broad SMARTS) is 1. The van der Waals surface area contributed by atoms with Crippen LogP contribution in [0, 0.1) is 6.92 Å². The number of imidazole rings is 1. The fraction of sp³-hybridized carbons (Fsp3) is 0.115. The fourth-order valence-electron chi connectivity index (χ4n) is 3.56. The Morgan fingerprint density at radius 3 is 2.48 bits per heavy atom. The predicted molar refractivity (Wildman–Crippen MR) is 126 cm³/mol. The summed E-state index contributed by atoms with van der Waals surface area (Å²) in [7, 11) is 0. The fourth-order valence-corrected chi connectivity index (χ4v) is 3.56. The second-order valence-electron chi connectivity index (χ2n) is 7.49. The van der Waals surface area contributed by atoms with Crippen molar-refractivity contribution in [2.75, 3.05) is 11.9 Å². The lowest BCUT2D eigenvalue weighted by Crippen LogP contribution is -2.15. The van der Waals surface area contributed by atoms with E-state index in [1.54, 1.807) is 31.6 Å². The quantitative estimate of drug-likeness (QED) is 0.359. The highest BCUT2D eigenvalue weighted by atomic mass is 16.5. The van der Waals surface area contributed by atoms with E-state index in [4.69, 9.17) is 4.74 Å². The predicted octanol–water partition coefficient (Wildman–Crippen LogP) is 4.96. The van der Waals surface area contributed by atoms with Crippen LogP contribution in [0.1, 0.15) is 31.8 Å². The molecule has 0 saturated carbocycles. The molecule has 0 unspecified atom stereocenters. The molecule has 4 rings (SSSR count). The minimum absolute atomic E-state index is 0.118. The van der Waals surface area contributed by atoms with Crippen molar-refractivity contribution in [3.63, 3.8) is 0 Å². The lowest BCUT2D eigenvalue weighted by atomic mass is 10.0. The number of para-hydroxylation sites is 1. The number of benzene rings is 3. The number of rotatable bonds is 8. The first kappa shape index (κ1) is 21.8. The lowest BCUT2D eigenvalue weighted by Gasteiger charge is -2.11. The Balaban J connectivity index is 1.36. The summed E-state index contributed by atoms with van der Waals surface area (Å²) in [5, 5.41) is 12.1. The van der Waals surface area contributed by atoms with Crippen LogP contribution in [0.3, 0.4) is 0 Å². The number of hydrogen-bond acceptors (Lipinski definition) is 4. The van der Waals surface area contributed by atoms with Gasteiger partial charge in [-0.05, 0) is 54.4 Å². The number of H-pyrrole nitrogens is 1. The topological polar surface area (TPSA) is 104 Å². The first-order chi connectivity index (χ1) is 16.0. The summed E-state index contributed by atoms with van der Waals surface area (Å²) in [6.45, 7) is 2.13. The van der Waals surface area contributed by atoms with Crippen molar-refractivity contribution in [3.8, 4) is 17.0 Å². The Bertz CT molecular complexity index is 1270. The number of ether oxygens (including phenoxy) is 1. The number of amides is 1. The van der Waals surface area contributed by atoms with Gasteiger partial charge in [0.1, 0.15) is 5.75 Å². The molecule has 0 aliphatic heterocycles. The van der Waals surface area contributed by atoms with Crippen LogP contribution in [-0.4, -0.2) is 33.6 Å². The van der Waals surface area contributed by atoms with Crippen LogP contribution in [0.2, 0.25) is 0 Å². The van der Waals surface area contributed by atoms with E-state index in [-0.39, 0.29) is 11.5 Å². The number of hydrogen-bond donors (Lipinski definition) is 3. The smallest absolute Gasteiger partial charge is 0.335 e. The first-order valence-corrected chi connectivity index (χ1v) is 10.5. The van der Waals surface area contributed by atoms with E-state index >= 15 is 0 Å². The Labute approximate surface area is 191 Å². The molecule has 0 fully saturated rings. The summed E-state index contributed by atoms with van der Waals surface area (Å²) >= 11 is 0. The SMILES string of the molecule is Cc1c(C(=O)O)cccc1C(=O)Nc1ccc(CCOc2ccccc2-c2cnc[nH]2)cc1. The second-order valence-corrected chi connectivity index (χ2v) is 7.49. The van der Waals surface area contributed by atoms with Gasteiger partial charge in [0.15, 0.2) is 0 Å². The number of carboxylic acids is 1. The lowest BCUT2D eigenvalue weighted by molar-refractivity contribution is 0.0696. The van der Waals surface area contributed by atoms with Gasteiger partial charge in [-0.3, -0.25) is 4.79 Å². The zero-order valence-corrected chi connectivity index (χ0v) is 18.0. The number of aromatic carboxylic acids is 1. The molecule has 0 atom stereocenters. The van der Waals surface area contributed by atoms with Gasteiger partial charge in [0, 0.05) is 23.2 Å². The maximum atomic E-state index is 12.6. The highest BCUT2D eigenvalue weighted by molar-refractivity contribution is 6.07. The van der Waals surface area contributed by atoms with Crippen LogP contribution in [0.4, 0.5) is 5.69 Å². The minimum Gasteiger partial charge on any atom is -0.493 e. The molecule has 3 N–H and O–H groups in total. The van der Waals surface area contributed by atoms with Crippen molar-refractivity contribution in [2.24, 2.45) is 0 Å². The van der Waals surface area contributed by atoms with Gasteiger partial charge in [0.25, 0.3) is 5.91 Å². The molecule has 166 valence electrons. The molecule has 0 aliphatic rings. The number of carbonyl (C=O) groups is 2. The van der Waals surface area contributed by atoms with Gasteiger partial charge in [0.05, 0.1) is 30.4 Å². The second kappa shape index (κ2) is 9.82. The van der Waals surface area contributed by atoms with Gasteiger partial charge in [-0.1, -0.05) is 30.3 Å². The third-order valence-corrected chi connectivity index (χ3v) is 5.34. The van der Waals surface area contributed by atoms with Crippen LogP contribution in [0.15, 0.2) is 79.3 Å². The molecular formula is C26H23N3O4. The van der Waals surface area contributed by atoms with E-state index in [0.717, 1.165) is 22.6 Å². The van der Waals surface area contributed by atoms with Gasteiger partial charge in [0.2, 0.25) is 0 Å². The molecule has 7 nitrogen and oxygen atoms in total. The third-order valence-electron chi connectivity index (χ3n) is 5.34. The molecule has 0 radical (unpaired) electrons.